The van der Waals surface area contributed by atoms with Gasteiger partial charge in [0.1, 0.15) is 13.1 Å². The molecule has 0 saturated carbocycles. The van der Waals surface area contributed by atoms with Gasteiger partial charge < -0.3 is 4.90 Å². The van der Waals surface area contributed by atoms with E-state index in [1.54, 1.807) is 12.1 Å². The summed E-state index contributed by atoms with van der Waals surface area (Å²) in [5.74, 6) is 0.883. The molecule has 31 heavy (non-hydrogen) atoms. The van der Waals surface area contributed by atoms with Crippen LogP contribution in [0.15, 0.2) is 83.8 Å². The van der Waals surface area contributed by atoms with Crippen LogP contribution in [-0.2, 0) is 0 Å². The highest BCUT2D eigenvalue weighted by atomic mass is 16.2. The first kappa shape index (κ1) is 19.0. The van der Waals surface area contributed by atoms with Crippen LogP contribution < -0.4 is 15.4 Å². The standard InChI is InChI=1S/C24H21N5O2/c30-23-20-11-5-4-10-19(20)22(26-29(23)18-8-2-1-3-9-18)24(31)28-16-14-27(15-17-28)21-12-6-7-13-25-21/h1-13H,14-17H2/p+1. The fraction of sp³-hybridized carbons (Fsp3) is 0.167. The summed E-state index contributed by atoms with van der Waals surface area (Å²) in [4.78, 5) is 33.8. The van der Waals surface area contributed by atoms with Gasteiger partial charge in [0.15, 0.2) is 5.69 Å². The van der Waals surface area contributed by atoms with Gasteiger partial charge in [-0.15, -0.1) is 0 Å². The van der Waals surface area contributed by atoms with Crippen LogP contribution in [0.1, 0.15) is 10.5 Å². The van der Waals surface area contributed by atoms with Gasteiger partial charge in [0, 0.05) is 11.5 Å². The Kier molecular flexibility index (Phi) is 4.92. The van der Waals surface area contributed by atoms with E-state index in [4.69, 9.17) is 0 Å². The summed E-state index contributed by atoms with van der Waals surface area (Å²) in [5, 5.41) is 5.59. The molecular formula is C24H22N5O2+. The number of aromatic nitrogens is 3. The highest BCUT2D eigenvalue weighted by molar-refractivity contribution is 6.05. The number of para-hydroxylation sites is 1. The monoisotopic (exact) mass is 412 g/mol. The third kappa shape index (κ3) is 3.54. The Morgan fingerprint density at radius 3 is 2.19 bits per heavy atom. The second kappa shape index (κ2) is 8.02. The molecule has 1 amide bonds. The average Bonchev–Trinajstić information content (AvgIpc) is 2.85. The number of amides is 1. The molecule has 0 radical (unpaired) electrons. The van der Waals surface area contributed by atoms with Crippen molar-refractivity contribution in [2.45, 2.75) is 0 Å². The van der Waals surface area contributed by atoms with Crippen LogP contribution in [0, 0.1) is 0 Å². The lowest BCUT2D eigenvalue weighted by Crippen LogP contribution is -2.50. The lowest BCUT2D eigenvalue weighted by molar-refractivity contribution is -0.364. The molecule has 1 saturated heterocycles. The van der Waals surface area contributed by atoms with E-state index < -0.39 is 0 Å². The topological polar surface area (TPSA) is 72.6 Å². The van der Waals surface area contributed by atoms with Gasteiger partial charge in [-0.1, -0.05) is 42.5 Å². The molecule has 2 aromatic carbocycles. The van der Waals surface area contributed by atoms with Crippen molar-refractivity contribution in [2.75, 3.05) is 31.1 Å². The minimum atomic E-state index is -0.234. The Morgan fingerprint density at radius 2 is 1.48 bits per heavy atom. The number of carbonyl (C=O) groups excluding carboxylic acids is 1. The fourth-order valence-corrected chi connectivity index (χ4v) is 3.97. The van der Waals surface area contributed by atoms with E-state index >= 15 is 0 Å². The number of fused-ring (bicyclic) bond motifs is 1. The number of aromatic amines is 1. The zero-order chi connectivity index (χ0) is 21.2. The maximum absolute atomic E-state index is 13.5. The minimum absolute atomic E-state index is 0.155. The Morgan fingerprint density at radius 1 is 0.806 bits per heavy atom. The second-order valence-electron chi connectivity index (χ2n) is 7.47. The third-order valence-corrected chi connectivity index (χ3v) is 5.61. The quantitative estimate of drug-likeness (QED) is 0.517. The van der Waals surface area contributed by atoms with Gasteiger partial charge in [-0.2, -0.15) is 9.78 Å². The first-order valence-corrected chi connectivity index (χ1v) is 10.3. The maximum atomic E-state index is 13.5. The summed E-state index contributed by atoms with van der Waals surface area (Å²) >= 11 is 0. The van der Waals surface area contributed by atoms with E-state index in [0.29, 0.717) is 35.2 Å². The minimum Gasteiger partial charge on any atom is -0.329 e. The number of rotatable bonds is 3. The molecule has 4 aromatic rings. The number of anilines is 1. The zero-order valence-electron chi connectivity index (χ0n) is 16.9. The average molecular weight is 412 g/mol. The Bertz CT molecular complexity index is 1280. The number of carbonyl (C=O) groups is 1. The van der Waals surface area contributed by atoms with Crippen molar-refractivity contribution >= 4 is 22.5 Å². The van der Waals surface area contributed by atoms with Gasteiger partial charge >= 0.3 is 0 Å². The molecule has 5 rings (SSSR count). The van der Waals surface area contributed by atoms with E-state index in [0.717, 1.165) is 18.9 Å². The molecule has 7 heteroatoms. The van der Waals surface area contributed by atoms with E-state index in [1.807, 2.05) is 71.8 Å². The largest absolute Gasteiger partial charge is 0.329 e. The number of pyridine rings is 1. The summed E-state index contributed by atoms with van der Waals surface area (Å²) in [6.45, 7) is 2.62. The van der Waals surface area contributed by atoms with Crippen LogP contribution in [-0.4, -0.2) is 46.8 Å². The maximum Gasteiger partial charge on any atom is 0.279 e. The van der Waals surface area contributed by atoms with Crippen molar-refractivity contribution in [1.29, 1.82) is 0 Å². The van der Waals surface area contributed by atoms with Crippen LogP contribution in [0.3, 0.4) is 0 Å². The zero-order valence-corrected chi connectivity index (χ0v) is 16.9. The fourth-order valence-electron chi connectivity index (χ4n) is 3.97. The molecule has 1 N–H and O–H groups in total. The number of hydrogen-bond acceptors (Lipinski definition) is 4. The number of H-pyrrole nitrogens is 1. The molecule has 154 valence electrons. The van der Waals surface area contributed by atoms with Crippen LogP contribution in [0.25, 0.3) is 16.5 Å². The number of nitrogens with one attached hydrogen (secondary N) is 1. The van der Waals surface area contributed by atoms with Crippen LogP contribution in [0.4, 0.5) is 5.82 Å². The molecule has 0 unspecified atom stereocenters. The molecule has 0 spiro atoms. The van der Waals surface area contributed by atoms with Crippen molar-refractivity contribution in [1.82, 2.24) is 14.7 Å². The molecule has 0 bridgehead atoms. The van der Waals surface area contributed by atoms with Crippen molar-refractivity contribution in [2.24, 2.45) is 0 Å². The van der Waals surface area contributed by atoms with Crippen molar-refractivity contribution in [3.8, 4) is 5.69 Å². The summed E-state index contributed by atoms with van der Waals surface area (Å²) in [7, 11) is 0. The van der Waals surface area contributed by atoms with Gasteiger partial charge in [-0.05, 0) is 24.3 Å². The predicted molar refractivity (Wildman–Crippen MR) is 118 cm³/mol. The predicted octanol–water partition coefficient (Wildman–Crippen LogP) is 2.16. The lowest BCUT2D eigenvalue weighted by Gasteiger charge is -2.31. The second-order valence-corrected chi connectivity index (χ2v) is 7.47. The summed E-state index contributed by atoms with van der Waals surface area (Å²) < 4.78 is 1.32. The van der Waals surface area contributed by atoms with Crippen molar-refractivity contribution < 1.29 is 9.78 Å². The molecule has 7 nitrogen and oxygen atoms in total. The van der Waals surface area contributed by atoms with Crippen molar-refractivity contribution in [3.05, 3.63) is 95.0 Å². The third-order valence-electron chi connectivity index (χ3n) is 5.61. The van der Waals surface area contributed by atoms with E-state index in [1.165, 1.54) is 4.68 Å². The Labute approximate surface area is 179 Å². The number of nitrogens with zero attached hydrogens (tertiary/aromatic N) is 4. The highest BCUT2D eigenvalue weighted by Crippen LogP contribution is 2.18. The molecule has 1 fully saturated rings. The number of benzene rings is 2. The van der Waals surface area contributed by atoms with Gasteiger partial charge in [0.05, 0.1) is 30.4 Å². The van der Waals surface area contributed by atoms with Gasteiger partial charge in [-0.25, -0.2) is 4.98 Å². The highest BCUT2D eigenvalue weighted by Gasteiger charge is 2.29. The van der Waals surface area contributed by atoms with Crippen LogP contribution in [0.5, 0.6) is 0 Å². The smallest absolute Gasteiger partial charge is 0.279 e. The number of piperazine rings is 1. The Balaban J connectivity index is 1.49. The van der Waals surface area contributed by atoms with Crippen molar-refractivity contribution in [3.63, 3.8) is 0 Å². The first-order chi connectivity index (χ1) is 15.2. The molecule has 0 aliphatic carbocycles. The number of hydrogen-bond donors (Lipinski definition) is 0. The SMILES string of the molecule is O=C(c1nn(-c2ccccc2)c(=O)c2ccccc12)N1CCN(c2cccc[nH+]2)CC1. The molecule has 0 atom stereocenters. The lowest BCUT2D eigenvalue weighted by atomic mass is 10.1. The molecule has 1 aliphatic heterocycles. The van der Waals surface area contributed by atoms with Gasteiger partial charge in [0.25, 0.3) is 17.3 Å². The van der Waals surface area contributed by atoms with E-state index in [-0.39, 0.29) is 11.5 Å². The Hall–Kier alpha value is -4.00. The van der Waals surface area contributed by atoms with Crippen LogP contribution >= 0.6 is 0 Å². The van der Waals surface area contributed by atoms with Gasteiger partial charge in [-0.3, -0.25) is 14.5 Å². The van der Waals surface area contributed by atoms with Gasteiger partial charge in [0.2, 0.25) is 0 Å². The summed E-state index contributed by atoms with van der Waals surface area (Å²) in [6, 6.07) is 22.3. The van der Waals surface area contributed by atoms with E-state index in [2.05, 4.69) is 15.0 Å². The summed E-state index contributed by atoms with van der Waals surface area (Å²) in [5.41, 5.74) is 0.707. The molecule has 2 aromatic heterocycles. The van der Waals surface area contributed by atoms with Crippen LogP contribution in [0.2, 0.25) is 0 Å². The first-order valence-electron chi connectivity index (χ1n) is 10.3. The molecule has 1 aliphatic rings. The normalized spacial score (nSPS) is 14.1. The summed E-state index contributed by atoms with van der Waals surface area (Å²) in [6.07, 6.45) is 1.90. The van der Waals surface area contributed by atoms with E-state index in [9.17, 15) is 9.59 Å². The molecule has 3 heterocycles. The molecular weight excluding hydrogens is 390 g/mol.